The highest BCUT2D eigenvalue weighted by molar-refractivity contribution is 5.81. The Morgan fingerprint density at radius 2 is 1.97 bits per heavy atom. The number of hydrogen-bond donors (Lipinski definition) is 1. The van der Waals surface area contributed by atoms with Gasteiger partial charge in [-0.2, -0.15) is 13.2 Å². The highest BCUT2D eigenvalue weighted by atomic mass is 19.4. The topological polar surface area (TPSA) is 48.5 Å². The number of piperidine rings is 1. The maximum Gasteiger partial charge on any atom is 0.417 e. The van der Waals surface area contributed by atoms with E-state index < -0.39 is 11.7 Å². The predicted molar refractivity (Wildman–Crippen MR) is 120 cm³/mol. The van der Waals surface area contributed by atoms with E-state index in [-0.39, 0.29) is 17.5 Å². The van der Waals surface area contributed by atoms with Crippen LogP contribution in [0, 0.1) is 5.92 Å². The van der Waals surface area contributed by atoms with Gasteiger partial charge in [-0.15, -0.1) is 0 Å². The van der Waals surface area contributed by atoms with Gasteiger partial charge < -0.3 is 15.1 Å². The molecule has 2 fully saturated rings. The van der Waals surface area contributed by atoms with E-state index in [0.29, 0.717) is 30.3 Å². The van der Waals surface area contributed by atoms with Crippen molar-refractivity contribution >= 4 is 23.2 Å². The molecule has 1 aliphatic carbocycles. The van der Waals surface area contributed by atoms with E-state index in [9.17, 15) is 18.0 Å². The second-order valence-corrected chi connectivity index (χ2v) is 9.12. The quantitative estimate of drug-likeness (QED) is 0.714. The molecule has 2 aliphatic heterocycles. The van der Waals surface area contributed by atoms with E-state index in [2.05, 4.69) is 33.7 Å². The largest absolute Gasteiger partial charge is 0.417 e. The van der Waals surface area contributed by atoms with E-state index in [1.54, 1.807) is 12.2 Å². The molecule has 174 valence electrons. The minimum atomic E-state index is -4.53. The van der Waals surface area contributed by atoms with Crippen LogP contribution in [0.1, 0.15) is 49.1 Å². The van der Waals surface area contributed by atoms with Gasteiger partial charge in [-0.3, -0.25) is 4.79 Å². The van der Waals surface area contributed by atoms with Gasteiger partial charge in [0.25, 0.3) is 0 Å². The summed E-state index contributed by atoms with van der Waals surface area (Å²) in [7, 11) is 2.10. The summed E-state index contributed by atoms with van der Waals surface area (Å²) in [5, 5.41) is 2.84. The van der Waals surface area contributed by atoms with E-state index in [4.69, 9.17) is 0 Å². The molecule has 0 aromatic carbocycles. The zero-order chi connectivity index (χ0) is 22.9. The van der Waals surface area contributed by atoms with Crippen molar-refractivity contribution in [3.05, 3.63) is 35.7 Å². The molecular weight excluding hydrogens is 417 g/mol. The lowest BCUT2D eigenvalue weighted by molar-refractivity contribution is -0.122. The lowest BCUT2D eigenvalue weighted by atomic mass is 9.92. The molecule has 0 spiro atoms. The number of carbonyl (C=O) groups excluding carboxylic acids is 1. The molecule has 4 rings (SSSR count). The molecule has 0 bridgehead atoms. The molecule has 1 N–H and O–H groups in total. The molecule has 0 unspecified atom stereocenters. The Morgan fingerprint density at radius 3 is 2.62 bits per heavy atom. The van der Waals surface area contributed by atoms with E-state index in [1.165, 1.54) is 0 Å². The van der Waals surface area contributed by atoms with Crippen LogP contribution in [0.2, 0.25) is 0 Å². The third-order valence-corrected chi connectivity index (χ3v) is 6.64. The highest BCUT2D eigenvalue weighted by Crippen LogP contribution is 2.40. The zero-order valence-electron chi connectivity index (χ0n) is 18.5. The van der Waals surface area contributed by atoms with Crippen LogP contribution in [0.4, 0.5) is 18.9 Å². The molecular formula is C24H31F3N4O. The number of alkyl halides is 3. The van der Waals surface area contributed by atoms with Gasteiger partial charge >= 0.3 is 6.18 Å². The number of aromatic nitrogens is 1. The number of hydrogen-bond acceptors (Lipinski definition) is 4. The number of halogens is 3. The van der Waals surface area contributed by atoms with Crippen LogP contribution in [0.5, 0.6) is 0 Å². The summed E-state index contributed by atoms with van der Waals surface area (Å²) in [5.74, 6) is 0.155. The molecule has 5 nitrogen and oxygen atoms in total. The van der Waals surface area contributed by atoms with Gasteiger partial charge in [-0.25, -0.2) is 4.98 Å². The molecule has 1 saturated carbocycles. The van der Waals surface area contributed by atoms with Crippen LogP contribution in [0.15, 0.2) is 18.7 Å². The summed E-state index contributed by atoms with van der Waals surface area (Å²) in [4.78, 5) is 20.7. The van der Waals surface area contributed by atoms with Crippen LogP contribution in [-0.2, 0) is 11.2 Å². The molecule has 1 aromatic heterocycles. The van der Waals surface area contributed by atoms with Crippen molar-refractivity contribution in [1.82, 2.24) is 15.2 Å². The van der Waals surface area contributed by atoms with Gasteiger partial charge in [-0.05, 0) is 70.8 Å². The first-order valence-corrected chi connectivity index (χ1v) is 11.4. The number of amides is 1. The average Bonchev–Trinajstić information content (AvgIpc) is 3.61. The van der Waals surface area contributed by atoms with Crippen LogP contribution in [0.3, 0.4) is 0 Å². The number of nitrogens with one attached hydrogen (secondary N) is 1. The maximum atomic E-state index is 13.6. The van der Waals surface area contributed by atoms with Crippen molar-refractivity contribution in [3.63, 3.8) is 0 Å². The summed E-state index contributed by atoms with van der Waals surface area (Å²) < 4.78 is 40.8. The first-order chi connectivity index (χ1) is 15.2. The van der Waals surface area contributed by atoms with E-state index in [1.807, 2.05) is 6.07 Å². The lowest BCUT2D eigenvalue weighted by Gasteiger charge is -2.42. The molecule has 0 radical (unpaired) electrons. The molecule has 3 heterocycles. The van der Waals surface area contributed by atoms with Crippen LogP contribution in [0.25, 0.3) is 11.6 Å². The number of fused-ring (bicyclic) bond motifs is 1. The van der Waals surface area contributed by atoms with E-state index >= 15 is 0 Å². The van der Waals surface area contributed by atoms with Crippen molar-refractivity contribution < 1.29 is 18.0 Å². The molecule has 8 heteroatoms. The van der Waals surface area contributed by atoms with Gasteiger partial charge in [-0.1, -0.05) is 12.7 Å². The van der Waals surface area contributed by atoms with Crippen molar-refractivity contribution in [2.75, 3.05) is 38.1 Å². The molecule has 1 aromatic rings. The average molecular weight is 449 g/mol. The normalized spacial score (nSPS) is 20.4. The van der Waals surface area contributed by atoms with Gasteiger partial charge in [0.05, 0.1) is 17.0 Å². The van der Waals surface area contributed by atoms with Crippen molar-refractivity contribution in [2.45, 2.75) is 50.7 Å². The summed E-state index contributed by atoms with van der Waals surface area (Å²) >= 11 is 0. The van der Waals surface area contributed by atoms with Crippen molar-refractivity contribution in [1.29, 1.82) is 0 Å². The zero-order valence-corrected chi connectivity index (χ0v) is 18.5. The third-order valence-electron chi connectivity index (χ3n) is 6.64. The fraction of sp³-hybridized carbons (Fsp3) is 0.583. The minimum Gasteiger partial charge on any atom is -0.368 e. The Hall–Kier alpha value is -2.35. The van der Waals surface area contributed by atoms with E-state index in [0.717, 1.165) is 57.4 Å². The number of pyridine rings is 1. The fourth-order valence-corrected chi connectivity index (χ4v) is 4.61. The SMILES string of the molecule is C=C(c1nc(/C=C/CNC(=O)C2CC2)cc2c1CCCN2C1CCN(C)CC1)C(F)(F)F. The first kappa shape index (κ1) is 22.8. The Balaban J connectivity index is 1.62. The van der Waals surface area contributed by atoms with Gasteiger partial charge in [0.15, 0.2) is 0 Å². The Morgan fingerprint density at radius 1 is 1.25 bits per heavy atom. The minimum absolute atomic E-state index is 0.0348. The summed E-state index contributed by atoms with van der Waals surface area (Å²) in [5.41, 5.74) is 1.02. The molecule has 0 atom stereocenters. The van der Waals surface area contributed by atoms with Crippen LogP contribution in [-0.4, -0.2) is 61.2 Å². The Kier molecular flexibility index (Phi) is 6.60. The van der Waals surface area contributed by atoms with Crippen LogP contribution < -0.4 is 10.2 Å². The Labute approximate surface area is 187 Å². The monoisotopic (exact) mass is 448 g/mol. The second kappa shape index (κ2) is 9.25. The second-order valence-electron chi connectivity index (χ2n) is 9.12. The first-order valence-electron chi connectivity index (χ1n) is 11.4. The third kappa shape index (κ3) is 5.17. The molecule has 32 heavy (non-hydrogen) atoms. The van der Waals surface area contributed by atoms with Crippen molar-refractivity contribution in [2.24, 2.45) is 5.92 Å². The maximum absolute atomic E-state index is 13.6. The number of likely N-dealkylation sites (tertiary alicyclic amines) is 1. The van der Waals surface area contributed by atoms with Crippen LogP contribution >= 0.6 is 0 Å². The van der Waals surface area contributed by atoms with Gasteiger partial charge in [0.1, 0.15) is 0 Å². The number of anilines is 1. The Bertz CT molecular complexity index is 899. The van der Waals surface area contributed by atoms with Crippen molar-refractivity contribution in [3.8, 4) is 0 Å². The lowest BCUT2D eigenvalue weighted by Crippen LogP contribution is -2.46. The number of nitrogens with zero attached hydrogens (tertiary/aromatic N) is 3. The molecule has 1 saturated heterocycles. The molecule has 1 amide bonds. The summed E-state index contributed by atoms with van der Waals surface area (Å²) in [6.45, 7) is 6.48. The number of allylic oxidation sites excluding steroid dienone is 1. The highest BCUT2D eigenvalue weighted by Gasteiger charge is 2.37. The van der Waals surface area contributed by atoms with Gasteiger partial charge in [0.2, 0.25) is 5.91 Å². The van der Waals surface area contributed by atoms with Gasteiger partial charge in [0, 0.05) is 36.3 Å². The smallest absolute Gasteiger partial charge is 0.368 e. The fourth-order valence-electron chi connectivity index (χ4n) is 4.61. The standard InChI is InChI=1S/C24H31F3N4O/c1-16(24(25,26)27)22-20-6-4-12-31(19-9-13-30(2)14-10-19)21(20)15-18(29-22)5-3-11-28-23(32)17-7-8-17/h3,5,15,17,19H,1,4,6-14H2,2H3,(H,28,32)/b5-3+. The summed E-state index contributed by atoms with van der Waals surface area (Å²) in [6, 6.07) is 2.22. The number of carbonyl (C=O) groups is 1. The summed E-state index contributed by atoms with van der Waals surface area (Å²) in [6.07, 6.45) is 4.13. The number of rotatable bonds is 6. The molecule has 3 aliphatic rings. The predicted octanol–water partition coefficient (Wildman–Crippen LogP) is 4.04.